The van der Waals surface area contributed by atoms with E-state index in [0.717, 1.165) is 6.20 Å². The molecule has 1 amide bonds. The van der Waals surface area contributed by atoms with Crippen LogP contribution in [0.4, 0.5) is 27.6 Å². The number of benzene rings is 1. The maximum absolute atomic E-state index is 14.6. The fraction of sp³-hybridized carbons (Fsp3) is 0.263. The number of amides is 1. The van der Waals surface area contributed by atoms with Gasteiger partial charge in [0.15, 0.2) is 17.2 Å². The van der Waals surface area contributed by atoms with Crippen molar-refractivity contribution in [3.8, 4) is 6.07 Å². The van der Waals surface area contributed by atoms with Crippen LogP contribution in [0.3, 0.4) is 0 Å². The molecule has 1 aromatic carbocycles. The number of carbonyl (C=O) groups is 1. The number of nitrogens with zero attached hydrogens (tertiary/aromatic N) is 3. The van der Waals surface area contributed by atoms with Gasteiger partial charge >= 0.3 is 0 Å². The number of anilines is 1. The Balaban J connectivity index is 2.05. The van der Waals surface area contributed by atoms with Crippen LogP contribution in [0.25, 0.3) is 0 Å². The third-order valence-corrected chi connectivity index (χ3v) is 4.68. The lowest BCUT2D eigenvalue weighted by atomic mass is 9.80. The van der Waals surface area contributed by atoms with E-state index in [9.17, 15) is 26.7 Å². The molecule has 0 aliphatic carbocycles. The predicted octanol–water partition coefficient (Wildman–Crippen LogP) is 3.43. The van der Waals surface area contributed by atoms with Crippen molar-refractivity contribution in [2.75, 3.05) is 12.0 Å². The topological polar surface area (TPSA) is 104 Å². The Kier molecular flexibility index (Phi) is 5.43. The minimum atomic E-state index is -3.85. The van der Waals surface area contributed by atoms with E-state index < -0.39 is 53.3 Å². The summed E-state index contributed by atoms with van der Waals surface area (Å²) in [5, 5.41) is 10.9. The van der Waals surface area contributed by atoms with Crippen LogP contribution in [0.2, 0.25) is 0 Å². The quantitative estimate of drug-likeness (QED) is 0.735. The molecule has 0 unspecified atom stereocenters. The summed E-state index contributed by atoms with van der Waals surface area (Å²) in [4.78, 5) is 19.5. The molecule has 156 valence electrons. The molecule has 11 heteroatoms. The van der Waals surface area contributed by atoms with Crippen LogP contribution in [0, 0.1) is 23.0 Å². The lowest BCUT2D eigenvalue weighted by Gasteiger charge is -2.39. The first kappa shape index (κ1) is 21.2. The zero-order valence-corrected chi connectivity index (χ0v) is 15.2. The van der Waals surface area contributed by atoms with Gasteiger partial charge < -0.3 is 11.1 Å². The molecular weight excluding hydrogens is 409 g/mol. The van der Waals surface area contributed by atoms with E-state index in [-0.39, 0.29) is 23.5 Å². The summed E-state index contributed by atoms with van der Waals surface area (Å²) in [5.74, 6) is -8.37. The number of hydrogen-bond acceptors (Lipinski definition) is 5. The van der Waals surface area contributed by atoms with Crippen LogP contribution >= 0.6 is 0 Å². The van der Waals surface area contributed by atoms with E-state index in [0.29, 0.717) is 12.1 Å². The summed E-state index contributed by atoms with van der Waals surface area (Å²) in [6.45, 7) is -1.84. The number of nitrogens with two attached hydrogens (primary N) is 1. The molecule has 0 fully saturated rings. The Morgan fingerprint density at radius 2 is 2.03 bits per heavy atom. The van der Waals surface area contributed by atoms with Crippen LogP contribution in [-0.2, 0) is 5.54 Å². The Morgan fingerprint density at radius 3 is 2.63 bits per heavy atom. The highest BCUT2D eigenvalue weighted by molar-refractivity contribution is 6.02. The SMILES string of the molecule is N#Cc1ccc(C(=O)Nc2cc(F)c(F)c([C@@]3(CF)N=C(N)CCC3(F)F)c2)nc1. The molecule has 3 rings (SSSR count). The Labute approximate surface area is 167 Å². The van der Waals surface area contributed by atoms with Gasteiger partial charge in [-0.2, -0.15) is 5.26 Å². The highest BCUT2D eigenvalue weighted by Crippen LogP contribution is 2.48. The van der Waals surface area contributed by atoms with Gasteiger partial charge in [-0.15, -0.1) is 0 Å². The second-order valence-corrected chi connectivity index (χ2v) is 6.62. The second kappa shape index (κ2) is 7.70. The van der Waals surface area contributed by atoms with Crippen LogP contribution in [0.5, 0.6) is 0 Å². The smallest absolute Gasteiger partial charge is 0.280 e. The van der Waals surface area contributed by atoms with E-state index in [1.165, 1.54) is 12.1 Å². The number of aliphatic imine (C=N–C) groups is 1. The molecule has 0 spiro atoms. The van der Waals surface area contributed by atoms with Crippen LogP contribution in [-0.4, -0.2) is 29.3 Å². The van der Waals surface area contributed by atoms with Crippen LogP contribution in [0.15, 0.2) is 35.5 Å². The van der Waals surface area contributed by atoms with E-state index in [1.807, 2.05) is 6.07 Å². The molecule has 1 aliphatic rings. The Morgan fingerprint density at radius 1 is 1.30 bits per heavy atom. The average molecular weight is 423 g/mol. The number of nitriles is 1. The van der Waals surface area contributed by atoms with Crippen molar-refractivity contribution < 1.29 is 26.7 Å². The number of amidine groups is 1. The third kappa shape index (κ3) is 3.56. The van der Waals surface area contributed by atoms with Gasteiger partial charge in [-0.05, 0) is 18.2 Å². The summed E-state index contributed by atoms with van der Waals surface area (Å²) < 4.78 is 71.7. The van der Waals surface area contributed by atoms with Crippen molar-refractivity contribution in [3.63, 3.8) is 0 Å². The third-order valence-electron chi connectivity index (χ3n) is 4.68. The zero-order valence-electron chi connectivity index (χ0n) is 15.2. The van der Waals surface area contributed by atoms with Gasteiger partial charge in [0.25, 0.3) is 11.8 Å². The molecule has 1 aromatic heterocycles. The Hall–Kier alpha value is -3.55. The summed E-state index contributed by atoms with van der Waals surface area (Å²) in [7, 11) is 0. The molecule has 2 heterocycles. The minimum Gasteiger partial charge on any atom is -0.387 e. The fourth-order valence-electron chi connectivity index (χ4n) is 3.08. The van der Waals surface area contributed by atoms with Crippen molar-refractivity contribution >= 4 is 17.4 Å². The van der Waals surface area contributed by atoms with Gasteiger partial charge in [-0.1, -0.05) is 0 Å². The van der Waals surface area contributed by atoms with Crippen LogP contribution < -0.4 is 11.1 Å². The molecule has 6 nitrogen and oxygen atoms in total. The van der Waals surface area contributed by atoms with Crippen molar-refractivity contribution in [2.24, 2.45) is 10.7 Å². The lowest BCUT2D eigenvalue weighted by molar-refractivity contribution is -0.0960. The molecule has 0 saturated heterocycles. The number of hydrogen-bond donors (Lipinski definition) is 2. The van der Waals surface area contributed by atoms with Gasteiger partial charge in [0.1, 0.15) is 18.4 Å². The monoisotopic (exact) mass is 423 g/mol. The van der Waals surface area contributed by atoms with Crippen molar-refractivity contribution in [1.82, 2.24) is 4.98 Å². The number of carbonyl (C=O) groups excluding carboxylic acids is 1. The molecule has 30 heavy (non-hydrogen) atoms. The summed E-state index contributed by atoms with van der Waals surface area (Å²) in [6.07, 6.45) is -0.123. The highest BCUT2D eigenvalue weighted by Gasteiger charge is 2.58. The van der Waals surface area contributed by atoms with E-state index >= 15 is 0 Å². The first-order valence-electron chi connectivity index (χ1n) is 8.58. The normalized spacial score (nSPS) is 20.2. The first-order chi connectivity index (χ1) is 14.1. The molecule has 1 atom stereocenters. The van der Waals surface area contributed by atoms with Crippen molar-refractivity contribution in [1.29, 1.82) is 5.26 Å². The number of halogens is 5. The second-order valence-electron chi connectivity index (χ2n) is 6.62. The standard InChI is InChI=1S/C19H14F5N5O/c20-9-18(19(23,24)4-3-15(26)29-18)12-5-11(6-13(21)16(12)22)28-17(30)14-2-1-10(7-25)8-27-14/h1-2,5-6,8H,3-4,9H2,(H2,26,29)(H,28,30)/t18-/m1/s1. The number of alkyl halides is 3. The summed E-state index contributed by atoms with van der Waals surface area (Å²) in [5.41, 5.74) is 0.946. The number of aromatic nitrogens is 1. The molecule has 2 aromatic rings. The fourth-order valence-corrected chi connectivity index (χ4v) is 3.08. The van der Waals surface area contributed by atoms with E-state index in [4.69, 9.17) is 11.0 Å². The minimum absolute atomic E-state index is 0.175. The van der Waals surface area contributed by atoms with Crippen molar-refractivity contribution in [3.05, 3.63) is 58.9 Å². The average Bonchev–Trinajstić information content (AvgIpc) is 2.72. The molecular formula is C19H14F5N5O. The van der Waals surface area contributed by atoms with Gasteiger partial charge in [0.2, 0.25) is 0 Å². The molecule has 0 bridgehead atoms. The Bertz CT molecular complexity index is 1060. The molecule has 0 radical (unpaired) electrons. The maximum Gasteiger partial charge on any atom is 0.280 e. The van der Waals surface area contributed by atoms with Gasteiger partial charge in [0, 0.05) is 36.4 Å². The first-order valence-corrected chi connectivity index (χ1v) is 8.58. The molecule has 1 aliphatic heterocycles. The highest BCUT2D eigenvalue weighted by atomic mass is 19.3. The number of rotatable bonds is 4. The van der Waals surface area contributed by atoms with Gasteiger partial charge in [-0.3, -0.25) is 9.79 Å². The van der Waals surface area contributed by atoms with Crippen LogP contribution in [0.1, 0.15) is 34.5 Å². The van der Waals surface area contributed by atoms with E-state index in [2.05, 4.69) is 15.3 Å². The largest absolute Gasteiger partial charge is 0.387 e. The zero-order chi connectivity index (χ0) is 22.1. The lowest BCUT2D eigenvalue weighted by Crippen LogP contribution is -2.51. The maximum atomic E-state index is 14.6. The predicted molar refractivity (Wildman–Crippen MR) is 96.7 cm³/mol. The molecule has 3 N–H and O–H groups in total. The van der Waals surface area contributed by atoms with Gasteiger partial charge in [-0.25, -0.2) is 26.9 Å². The molecule has 0 saturated carbocycles. The number of pyridine rings is 1. The number of nitrogens with one attached hydrogen (secondary N) is 1. The van der Waals surface area contributed by atoms with Crippen molar-refractivity contribution in [2.45, 2.75) is 24.3 Å². The van der Waals surface area contributed by atoms with E-state index in [1.54, 1.807) is 0 Å². The summed E-state index contributed by atoms with van der Waals surface area (Å²) in [6, 6.07) is 5.56. The summed E-state index contributed by atoms with van der Waals surface area (Å²) >= 11 is 0. The van der Waals surface area contributed by atoms with Gasteiger partial charge in [0.05, 0.1) is 11.4 Å².